The molecular formula is C28H26BrClN2O3S. The Morgan fingerprint density at radius 1 is 1.08 bits per heavy atom. The Morgan fingerprint density at radius 3 is 2.47 bits per heavy atom. The first-order valence-electron chi connectivity index (χ1n) is 11.4. The zero-order valence-corrected chi connectivity index (χ0v) is 23.4. The minimum absolute atomic E-state index is 0.0725. The highest BCUT2D eigenvalue weighted by molar-refractivity contribution is 9.10. The highest BCUT2D eigenvalue weighted by Gasteiger charge is 2.34. The van der Waals surface area contributed by atoms with E-state index < -0.39 is 0 Å². The van der Waals surface area contributed by atoms with Crippen LogP contribution in [-0.2, 0) is 11.4 Å². The number of carbonyl (C=O) groups is 1. The van der Waals surface area contributed by atoms with Gasteiger partial charge >= 0.3 is 0 Å². The van der Waals surface area contributed by atoms with Gasteiger partial charge in [-0.05, 0) is 71.3 Å². The van der Waals surface area contributed by atoms with Crippen molar-refractivity contribution in [3.63, 3.8) is 0 Å². The minimum atomic E-state index is -0.0725. The monoisotopic (exact) mass is 584 g/mol. The van der Waals surface area contributed by atoms with E-state index in [2.05, 4.69) is 29.8 Å². The van der Waals surface area contributed by atoms with Crippen LogP contribution in [0.4, 0.5) is 5.69 Å². The second kappa shape index (κ2) is 12.0. The summed E-state index contributed by atoms with van der Waals surface area (Å²) in [5.74, 6) is 1.42. The molecule has 186 valence electrons. The SMILES string of the molecule is COc1cc(/C=C2\SC(=Nc3ccc(Cl)cc3)N(CC(C)C)C2=O)c(Br)cc1OCc1ccccc1. The number of aliphatic imine (C=N–C) groups is 1. The molecule has 5 nitrogen and oxygen atoms in total. The fourth-order valence-corrected chi connectivity index (χ4v) is 5.12. The van der Waals surface area contributed by atoms with Crippen LogP contribution in [0, 0.1) is 5.92 Å². The van der Waals surface area contributed by atoms with Gasteiger partial charge in [0.2, 0.25) is 0 Å². The van der Waals surface area contributed by atoms with Gasteiger partial charge in [0.15, 0.2) is 16.7 Å². The lowest BCUT2D eigenvalue weighted by atomic mass is 10.1. The van der Waals surface area contributed by atoms with E-state index in [-0.39, 0.29) is 11.8 Å². The number of amides is 1. The Balaban J connectivity index is 1.62. The molecule has 3 aromatic rings. The molecule has 3 aromatic carbocycles. The van der Waals surface area contributed by atoms with Crippen molar-refractivity contribution in [3.8, 4) is 11.5 Å². The summed E-state index contributed by atoms with van der Waals surface area (Å²) in [6.07, 6.45) is 1.86. The topological polar surface area (TPSA) is 51.1 Å². The van der Waals surface area contributed by atoms with Crippen molar-refractivity contribution in [1.82, 2.24) is 4.90 Å². The van der Waals surface area contributed by atoms with E-state index in [4.69, 9.17) is 26.1 Å². The predicted octanol–water partition coefficient (Wildman–Crippen LogP) is 7.95. The van der Waals surface area contributed by atoms with Crippen molar-refractivity contribution in [1.29, 1.82) is 0 Å². The molecule has 1 aliphatic rings. The first-order chi connectivity index (χ1) is 17.3. The third kappa shape index (κ3) is 6.52. The Morgan fingerprint density at radius 2 is 1.81 bits per heavy atom. The van der Waals surface area contributed by atoms with Gasteiger partial charge in [-0.25, -0.2) is 4.99 Å². The van der Waals surface area contributed by atoms with Crippen molar-refractivity contribution in [2.75, 3.05) is 13.7 Å². The largest absolute Gasteiger partial charge is 0.493 e. The van der Waals surface area contributed by atoms with Gasteiger partial charge in [0.05, 0.1) is 17.7 Å². The molecular weight excluding hydrogens is 560 g/mol. The maximum absolute atomic E-state index is 13.4. The van der Waals surface area contributed by atoms with Crippen molar-refractivity contribution < 1.29 is 14.3 Å². The summed E-state index contributed by atoms with van der Waals surface area (Å²) >= 11 is 11.0. The summed E-state index contributed by atoms with van der Waals surface area (Å²) in [4.78, 5) is 20.4. The molecule has 8 heteroatoms. The fraction of sp³-hybridized carbons (Fsp3) is 0.214. The number of hydrogen-bond acceptors (Lipinski definition) is 5. The molecule has 1 fully saturated rings. The molecule has 1 aliphatic heterocycles. The van der Waals surface area contributed by atoms with E-state index >= 15 is 0 Å². The zero-order chi connectivity index (χ0) is 25.7. The van der Waals surface area contributed by atoms with Crippen LogP contribution in [0.5, 0.6) is 11.5 Å². The quantitative estimate of drug-likeness (QED) is 0.252. The van der Waals surface area contributed by atoms with Crippen molar-refractivity contribution in [3.05, 3.63) is 92.3 Å². The first kappa shape index (κ1) is 26.3. The molecule has 0 aliphatic carbocycles. The number of amidine groups is 1. The van der Waals surface area contributed by atoms with Gasteiger partial charge in [-0.2, -0.15) is 0 Å². The molecule has 1 heterocycles. The van der Waals surface area contributed by atoms with E-state index in [0.29, 0.717) is 39.7 Å². The number of ether oxygens (including phenoxy) is 2. The summed E-state index contributed by atoms with van der Waals surface area (Å²) in [6, 6.07) is 20.9. The molecule has 0 radical (unpaired) electrons. The Labute approximate surface area is 229 Å². The van der Waals surface area contributed by atoms with Crippen LogP contribution in [0.1, 0.15) is 25.0 Å². The number of methoxy groups -OCH3 is 1. The Kier molecular flexibility index (Phi) is 8.77. The van der Waals surface area contributed by atoms with Gasteiger partial charge in [-0.3, -0.25) is 9.69 Å². The zero-order valence-electron chi connectivity index (χ0n) is 20.2. The smallest absolute Gasteiger partial charge is 0.266 e. The average Bonchev–Trinajstić information content (AvgIpc) is 3.14. The van der Waals surface area contributed by atoms with Gasteiger partial charge in [0.1, 0.15) is 6.61 Å². The van der Waals surface area contributed by atoms with Gasteiger partial charge < -0.3 is 9.47 Å². The van der Waals surface area contributed by atoms with Crippen LogP contribution in [-0.4, -0.2) is 29.6 Å². The molecule has 1 saturated heterocycles. The summed E-state index contributed by atoms with van der Waals surface area (Å²) in [5, 5.41) is 1.29. The normalized spacial score (nSPS) is 15.8. The molecule has 0 bridgehead atoms. The lowest BCUT2D eigenvalue weighted by Gasteiger charge is -2.17. The van der Waals surface area contributed by atoms with Crippen LogP contribution in [0.3, 0.4) is 0 Å². The van der Waals surface area contributed by atoms with E-state index in [9.17, 15) is 4.79 Å². The molecule has 36 heavy (non-hydrogen) atoms. The molecule has 0 aromatic heterocycles. The summed E-state index contributed by atoms with van der Waals surface area (Å²) in [5.41, 5.74) is 2.62. The van der Waals surface area contributed by atoms with Crippen molar-refractivity contribution >= 4 is 62.1 Å². The summed E-state index contributed by atoms with van der Waals surface area (Å²) in [7, 11) is 1.60. The van der Waals surface area contributed by atoms with E-state index in [0.717, 1.165) is 21.3 Å². The first-order valence-corrected chi connectivity index (χ1v) is 13.4. The van der Waals surface area contributed by atoms with E-state index in [1.807, 2.05) is 60.7 Å². The van der Waals surface area contributed by atoms with Gasteiger partial charge in [-0.15, -0.1) is 0 Å². The van der Waals surface area contributed by atoms with Gasteiger partial charge in [-0.1, -0.05) is 71.7 Å². The number of carbonyl (C=O) groups excluding carboxylic acids is 1. The maximum atomic E-state index is 13.4. The van der Waals surface area contributed by atoms with Crippen LogP contribution in [0.25, 0.3) is 6.08 Å². The molecule has 4 rings (SSSR count). The molecule has 0 spiro atoms. The highest BCUT2D eigenvalue weighted by atomic mass is 79.9. The van der Waals surface area contributed by atoms with Crippen LogP contribution in [0.15, 0.2) is 81.1 Å². The minimum Gasteiger partial charge on any atom is -0.493 e. The van der Waals surface area contributed by atoms with E-state index in [1.54, 1.807) is 24.1 Å². The van der Waals surface area contributed by atoms with Gasteiger partial charge in [0.25, 0.3) is 5.91 Å². The number of halogens is 2. The molecule has 1 amide bonds. The van der Waals surface area contributed by atoms with Crippen LogP contribution >= 0.6 is 39.3 Å². The number of hydrogen-bond donors (Lipinski definition) is 0. The number of rotatable bonds is 8. The molecule has 0 atom stereocenters. The molecule has 0 unspecified atom stereocenters. The third-order valence-corrected chi connectivity index (χ3v) is 7.24. The summed E-state index contributed by atoms with van der Waals surface area (Å²) in [6.45, 7) is 5.16. The predicted molar refractivity (Wildman–Crippen MR) is 152 cm³/mol. The standard InChI is InChI=1S/C28H26BrClN2O3S/c1-18(2)16-32-27(33)26(36-28(32)31-22-11-9-21(30)10-12-22)14-20-13-24(34-3)25(15-23(20)29)35-17-19-7-5-4-6-8-19/h4-15,18H,16-17H2,1-3H3/b26-14-,31-28?. The summed E-state index contributed by atoms with van der Waals surface area (Å²) < 4.78 is 12.4. The maximum Gasteiger partial charge on any atom is 0.266 e. The van der Waals surface area contributed by atoms with Crippen LogP contribution < -0.4 is 9.47 Å². The molecule has 0 N–H and O–H groups in total. The number of nitrogens with zero attached hydrogens (tertiary/aromatic N) is 2. The lowest BCUT2D eigenvalue weighted by molar-refractivity contribution is -0.122. The third-order valence-electron chi connectivity index (χ3n) is 5.29. The van der Waals surface area contributed by atoms with E-state index in [1.165, 1.54) is 11.8 Å². The van der Waals surface area contributed by atoms with Gasteiger partial charge in [0, 0.05) is 16.0 Å². The Bertz CT molecular complexity index is 1290. The fourth-order valence-electron chi connectivity index (χ4n) is 3.55. The Hall–Kier alpha value is -2.74. The number of benzene rings is 3. The average molecular weight is 586 g/mol. The van der Waals surface area contributed by atoms with Crippen LogP contribution in [0.2, 0.25) is 5.02 Å². The lowest BCUT2D eigenvalue weighted by Crippen LogP contribution is -2.32. The second-order valence-electron chi connectivity index (χ2n) is 8.59. The second-order valence-corrected chi connectivity index (χ2v) is 10.9. The van der Waals surface area contributed by atoms with Crippen molar-refractivity contribution in [2.45, 2.75) is 20.5 Å². The molecule has 0 saturated carbocycles. The number of thioether (sulfide) groups is 1. The van der Waals surface area contributed by atoms with Crippen molar-refractivity contribution in [2.24, 2.45) is 10.9 Å². The highest BCUT2D eigenvalue weighted by Crippen LogP contribution is 2.39.